The van der Waals surface area contributed by atoms with Crippen molar-refractivity contribution in [1.29, 1.82) is 0 Å². The number of carboxylic acids is 1. The molecule has 0 radical (unpaired) electrons. The van der Waals surface area contributed by atoms with E-state index in [1.54, 1.807) is 17.8 Å². The molecule has 0 amide bonds. The van der Waals surface area contributed by atoms with Crippen molar-refractivity contribution in [3.05, 3.63) is 30.6 Å². The molecule has 84 valence electrons. The molecular formula is C12H14N2O2. The van der Waals surface area contributed by atoms with E-state index < -0.39 is 11.5 Å². The van der Waals surface area contributed by atoms with Gasteiger partial charge in [0, 0.05) is 0 Å². The number of benzene rings is 1. The second-order valence-electron chi connectivity index (χ2n) is 4.04. The van der Waals surface area contributed by atoms with Crippen molar-refractivity contribution < 1.29 is 9.90 Å². The number of aliphatic carboxylic acids is 1. The van der Waals surface area contributed by atoms with E-state index in [4.69, 9.17) is 0 Å². The molecule has 1 unspecified atom stereocenters. The van der Waals surface area contributed by atoms with Gasteiger partial charge >= 0.3 is 5.97 Å². The van der Waals surface area contributed by atoms with Crippen molar-refractivity contribution >= 4 is 17.0 Å². The highest BCUT2D eigenvalue weighted by atomic mass is 16.4. The molecule has 0 aliphatic rings. The van der Waals surface area contributed by atoms with Crippen molar-refractivity contribution in [2.75, 3.05) is 0 Å². The molecule has 1 aromatic carbocycles. The van der Waals surface area contributed by atoms with Gasteiger partial charge in [-0.1, -0.05) is 19.1 Å². The van der Waals surface area contributed by atoms with Crippen LogP contribution in [0.25, 0.3) is 11.0 Å². The standard InChI is InChI=1S/C12H14N2O2/c1-3-12(2,11(15)16)14-8-13-9-6-4-5-7-10(9)14/h4-8H,3H2,1-2H3,(H,15,16). The molecule has 2 rings (SSSR count). The van der Waals surface area contributed by atoms with E-state index in [1.165, 1.54) is 0 Å². The van der Waals surface area contributed by atoms with E-state index in [9.17, 15) is 9.90 Å². The van der Waals surface area contributed by atoms with Crippen LogP contribution in [0.4, 0.5) is 0 Å². The average Bonchev–Trinajstić information content (AvgIpc) is 2.72. The van der Waals surface area contributed by atoms with Crippen LogP contribution in [-0.4, -0.2) is 20.6 Å². The minimum absolute atomic E-state index is 0.517. The quantitative estimate of drug-likeness (QED) is 0.859. The van der Waals surface area contributed by atoms with Crippen LogP contribution in [0.15, 0.2) is 30.6 Å². The first-order chi connectivity index (χ1) is 7.59. The molecular weight excluding hydrogens is 204 g/mol. The number of carbonyl (C=O) groups is 1. The van der Waals surface area contributed by atoms with Crippen molar-refractivity contribution in [3.63, 3.8) is 0 Å². The molecule has 16 heavy (non-hydrogen) atoms. The van der Waals surface area contributed by atoms with E-state index in [0.717, 1.165) is 11.0 Å². The fourth-order valence-electron chi connectivity index (χ4n) is 1.78. The van der Waals surface area contributed by atoms with Gasteiger partial charge in [0.15, 0.2) is 0 Å². The maximum absolute atomic E-state index is 11.3. The molecule has 1 atom stereocenters. The summed E-state index contributed by atoms with van der Waals surface area (Å²) in [5.41, 5.74) is 0.744. The summed E-state index contributed by atoms with van der Waals surface area (Å²) in [5, 5.41) is 9.32. The van der Waals surface area contributed by atoms with Crippen molar-refractivity contribution in [3.8, 4) is 0 Å². The van der Waals surface area contributed by atoms with Gasteiger partial charge in [0.2, 0.25) is 0 Å². The van der Waals surface area contributed by atoms with Gasteiger partial charge < -0.3 is 9.67 Å². The van der Waals surface area contributed by atoms with Crippen LogP contribution in [-0.2, 0) is 10.3 Å². The normalized spacial score (nSPS) is 14.9. The third-order valence-electron chi connectivity index (χ3n) is 3.13. The molecule has 0 saturated heterocycles. The fraction of sp³-hybridized carbons (Fsp3) is 0.333. The summed E-state index contributed by atoms with van der Waals surface area (Å²) in [6.07, 6.45) is 2.12. The van der Waals surface area contributed by atoms with Gasteiger partial charge in [-0.2, -0.15) is 0 Å². The molecule has 1 heterocycles. The van der Waals surface area contributed by atoms with Gasteiger partial charge in [-0.15, -0.1) is 0 Å². The number of rotatable bonds is 3. The minimum atomic E-state index is -0.934. The van der Waals surface area contributed by atoms with Gasteiger partial charge in [-0.3, -0.25) is 0 Å². The first kappa shape index (κ1) is 10.7. The third kappa shape index (κ3) is 1.38. The Morgan fingerprint density at radius 1 is 1.50 bits per heavy atom. The number of hydrogen-bond acceptors (Lipinski definition) is 2. The summed E-state index contributed by atoms with van der Waals surface area (Å²) in [7, 11) is 0. The number of nitrogens with zero attached hydrogens (tertiary/aromatic N) is 2. The predicted octanol–water partition coefficient (Wildman–Crippen LogP) is 2.25. The summed E-state index contributed by atoms with van der Waals surface area (Å²) in [6, 6.07) is 7.55. The van der Waals surface area contributed by atoms with Crippen LogP contribution in [0.2, 0.25) is 0 Å². The molecule has 4 nitrogen and oxygen atoms in total. The number of para-hydroxylation sites is 2. The molecule has 0 aliphatic heterocycles. The number of carboxylic acid groups (broad SMARTS) is 1. The fourth-order valence-corrected chi connectivity index (χ4v) is 1.78. The molecule has 4 heteroatoms. The number of hydrogen-bond donors (Lipinski definition) is 1. The smallest absolute Gasteiger partial charge is 0.329 e. The van der Waals surface area contributed by atoms with Crippen molar-refractivity contribution in [2.45, 2.75) is 25.8 Å². The van der Waals surface area contributed by atoms with Crippen LogP contribution >= 0.6 is 0 Å². The lowest BCUT2D eigenvalue weighted by molar-refractivity contribution is -0.146. The van der Waals surface area contributed by atoms with Gasteiger partial charge in [0.25, 0.3) is 0 Å². The summed E-state index contributed by atoms with van der Waals surface area (Å²) in [5.74, 6) is -0.835. The Hall–Kier alpha value is -1.84. The largest absolute Gasteiger partial charge is 0.479 e. The third-order valence-corrected chi connectivity index (χ3v) is 3.13. The molecule has 0 fully saturated rings. The SMILES string of the molecule is CCC(C)(C(=O)O)n1cnc2ccccc21. The zero-order chi connectivity index (χ0) is 11.8. The van der Waals surface area contributed by atoms with E-state index in [-0.39, 0.29) is 0 Å². The number of fused-ring (bicyclic) bond motifs is 1. The van der Waals surface area contributed by atoms with Crippen LogP contribution in [0.1, 0.15) is 20.3 Å². The van der Waals surface area contributed by atoms with Crippen LogP contribution in [0.5, 0.6) is 0 Å². The highest BCUT2D eigenvalue weighted by molar-refractivity contribution is 5.82. The molecule has 0 bridgehead atoms. The first-order valence-corrected chi connectivity index (χ1v) is 5.25. The van der Waals surface area contributed by atoms with E-state index in [0.29, 0.717) is 6.42 Å². The Balaban J connectivity index is 2.67. The average molecular weight is 218 g/mol. The summed E-state index contributed by atoms with van der Waals surface area (Å²) in [6.45, 7) is 3.58. The summed E-state index contributed by atoms with van der Waals surface area (Å²) >= 11 is 0. The molecule has 1 N–H and O–H groups in total. The lowest BCUT2D eigenvalue weighted by Crippen LogP contribution is -2.37. The second-order valence-corrected chi connectivity index (χ2v) is 4.04. The maximum Gasteiger partial charge on any atom is 0.329 e. The van der Waals surface area contributed by atoms with Crippen LogP contribution in [0, 0.1) is 0 Å². The van der Waals surface area contributed by atoms with Gasteiger partial charge in [-0.25, -0.2) is 9.78 Å². The zero-order valence-electron chi connectivity index (χ0n) is 9.34. The number of aromatic nitrogens is 2. The lowest BCUT2D eigenvalue weighted by atomic mass is 9.98. The molecule has 2 aromatic rings. The molecule has 0 spiro atoms. The minimum Gasteiger partial charge on any atom is -0.479 e. The lowest BCUT2D eigenvalue weighted by Gasteiger charge is -2.25. The van der Waals surface area contributed by atoms with Gasteiger partial charge in [-0.05, 0) is 25.5 Å². The highest BCUT2D eigenvalue weighted by Crippen LogP contribution is 2.25. The maximum atomic E-state index is 11.3. The monoisotopic (exact) mass is 218 g/mol. The van der Waals surface area contributed by atoms with Crippen molar-refractivity contribution in [2.24, 2.45) is 0 Å². The van der Waals surface area contributed by atoms with E-state index in [1.807, 2.05) is 31.2 Å². The van der Waals surface area contributed by atoms with Crippen LogP contribution in [0.3, 0.4) is 0 Å². The second kappa shape index (κ2) is 3.63. The van der Waals surface area contributed by atoms with Gasteiger partial charge in [0.1, 0.15) is 5.54 Å². The zero-order valence-corrected chi connectivity index (χ0v) is 9.34. The van der Waals surface area contributed by atoms with Crippen molar-refractivity contribution in [1.82, 2.24) is 9.55 Å². The summed E-state index contributed by atoms with van der Waals surface area (Å²) in [4.78, 5) is 15.6. The number of imidazole rings is 1. The Kier molecular flexibility index (Phi) is 2.42. The predicted molar refractivity (Wildman–Crippen MR) is 61.3 cm³/mol. The van der Waals surface area contributed by atoms with Gasteiger partial charge in [0.05, 0.1) is 17.4 Å². The van der Waals surface area contributed by atoms with Crippen LogP contribution < -0.4 is 0 Å². The Labute approximate surface area is 93.5 Å². The topological polar surface area (TPSA) is 55.1 Å². The highest BCUT2D eigenvalue weighted by Gasteiger charge is 2.34. The summed E-state index contributed by atoms with van der Waals surface area (Å²) < 4.78 is 1.73. The Bertz CT molecular complexity index is 533. The molecule has 0 aliphatic carbocycles. The molecule has 1 aromatic heterocycles. The molecule has 0 saturated carbocycles. The first-order valence-electron chi connectivity index (χ1n) is 5.25. The van der Waals surface area contributed by atoms with E-state index in [2.05, 4.69) is 4.98 Å². The van der Waals surface area contributed by atoms with E-state index >= 15 is 0 Å². The Morgan fingerprint density at radius 3 is 2.81 bits per heavy atom. The Morgan fingerprint density at radius 2 is 2.19 bits per heavy atom.